The minimum absolute atomic E-state index is 0.0101. The number of phosphoric ester groups is 1. The Morgan fingerprint density at radius 1 is 0.569 bits per heavy atom. The van der Waals surface area contributed by atoms with Crippen LogP contribution in [0.3, 0.4) is 0 Å². The fraction of sp³-hybridized carbons (Fsp3) is 0.704. The molecule has 0 fully saturated rings. The molecule has 0 aliphatic heterocycles. The minimum atomic E-state index is -4.41. The van der Waals surface area contributed by atoms with Crippen molar-refractivity contribution in [3.8, 4) is 0 Å². The molecule has 0 aliphatic carbocycles. The average Bonchev–Trinajstić information content (AvgIpc) is 3.26. The second-order valence-corrected chi connectivity index (χ2v) is 19.5. The number of likely N-dealkylation sites (N-methyl/N-ethyl adjacent to an activating group) is 1. The van der Waals surface area contributed by atoms with E-state index < -0.39 is 38.6 Å². The van der Waals surface area contributed by atoms with Gasteiger partial charge in [0.15, 0.2) is 6.10 Å². The molecule has 0 saturated carbocycles. The molecule has 0 amide bonds. The van der Waals surface area contributed by atoms with Crippen LogP contribution in [0.4, 0.5) is 0 Å². The number of unbranched alkanes of at least 4 members (excludes halogenated alkanes) is 17. The predicted octanol–water partition coefficient (Wildman–Crippen LogP) is 14.1. The van der Waals surface area contributed by atoms with E-state index in [1.807, 2.05) is 57.6 Å². The number of ether oxygens (including phenoxy) is 2. The Morgan fingerprint density at radius 3 is 1.66 bits per heavy atom. The van der Waals surface area contributed by atoms with E-state index in [1.165, 1.54) is 96.3 Å². The Bertz CT molecular complexity index is 1390. The summed E-state index contributed by atoms with van der Waals surface area (Å²) in [4.78, 5) is 35.5. The molecule has 0 radical (unpaired) electrons. The van der Waals surface area contributed by atoms with Crippen molar-refractivity contribution in [3.63, 3.8) is 0 Å². The van der Waals surface area contributed by atoms with Crippen LogP contribution >= 0.6 is 7.82 Å². The van der Waals surface area contributed by atoms with E-state index in [2.05, 4.69) is 56.4 Å². The molecule has 0 spiro atoms. The topological polar surface area (TPSA) is 129 Å². The molecule has 2 N–H and O–H groups in total. The number of esters is 2. The van der Waals surface area contributed by atoms with Crippen LogP contribution in [0, 0.1) is 0 Å². The largest absolute Gasteiger partial charge is 0.472 e. The highest BCUT2D eigenvalue weighted by atomic mass is 31.2. The second-order valence-electron chi connectivity index (χ2n) is 18.0. The molecule has 11 heteroatoms. The van der Waals surface area contributed by atoms with Crippen molar-refractivity contribution >= 4 is 19.8 Å². The van der Waals surface area contributed by atoms with E-state index in [9.17, 15) is 24.2 Å². The summed E-state index contributed by atoms with van der Waals surface area (Å²) in [5, 5.41) is 9.86. The van der Waals surface area contributed by atoms with Gasteiger partial charge >= 0.3 is 19.8 Å². The van der Waals surface area contributed by atoms with Crippen LogP contribution in [0.2, 0.25) is 0 Å². The van der Waals surface area contributed by atoms with E-state index in [0.29, 0.717) is 30.3 Å². The van der Waals surface area contributed by atoms with Gasteiger partial charge in [0.05, 0.1) is 33.9 Å². The summed E-state index contributed by atoms with van der Waals surface area (Å²) in [7, 11) is 1.41. The lowest BCUT2D eigenvalue weighted by Gasteiger charge is -2.24. The summed E-state index contributed by atoms with van der Waals surface area (Å²) in [6.45, 7) is 4.12. The zero-order chi connectivity index (χ0) is 48.0. The normalized spacial score (nSPS) is 14.6. The number of hydrogen-bond acceptors (Lipinski definition) is 8. The monoisotopic (exact) mass is 933 g/mol. The van der Waals surface area contributed by atoms with Gasteiger partial charge in [-0.3, -0.25) is 18.6 Å². The van der Waals surface area contributed by atoms with Crippen LogP contribution in [0.5, 0.6) is 0 Å². The number of carbonyl (C=O) groups excluding carboxylic acids is 2. The Hall–Kier alpha value is -2.85. The van der Waals surface area contributed by atoms with Crippen LogP contribution in [0.15, 0.2) is 85.1 Å². The molecule has 0 rings (SSSR count). The number of nitrogens with zero attached hydrogens (tertiary/aromatic N) is 1. The summed E-state index contributed by atoms with van der Waals surface area (Å²) in [6, 6.07) is 0. The fourth-order valence-corrected chi connectivity index (χ4v) is 7.27. The molecule has 0 aromatic carbocycles. The Balaban J connectivity index is 4.41. The van der Waals surface area contributed by atoms with Crippen LogP contribution in [0.25, 0.3) is 0 Å². The van der Waals surface area contributed by atoms with Crippen LogP contribution in [-0.2, 0) is 32.7 Å². The molecule has 0 saturated heterocycles. The first-order valence-electron chi connectivity index (χ1n) is 25.4. The maximum absolute atomic E-state index is 12.8. The molecular weight excluding hydrogens is 838 g/mol. The standard InChI is InChI=1S/C54H94NO9P/c1-6-8-10-11-12-13-14-15-16-17-18-19-20-21-22-25-29-32-35-38-42-46-54(58)64-52(50-63-65(59,60)62-48-47-55(3,4)5)49-61-53(57)45-41-37-34-31-28-26-23-24-27-30-33-36-40-44-51(56)43-39-9-7-2/h9,15-16,24,26-28,33-34,36-37,39-40,44,51-52,56H,6-8,10-14,17-23,25,29-32,35,38,41-43,45-50H2,1-5H3/p+1/b16-15-,27-24-,28-26-,36-33+,37-34-,39-9-,44-40+/t51?,52-/m1/s1. The molecular formula is C54H95NO9P+. The van der Waals surface area contributed by atoms with Gasteiger partial charge in [-0.05, 0) is 70.6 Å². The first-order valence-corrected chi connectivity index (χ1v) is 26.9. The van der Waals surface area contributed by atoms with Gasteiger partial charge in [-0.25, -0.2) is 4.57 Å². The summed E-state index contributed by atoms with van der Waals surface area (Å²) in [5.74, 6) is -0.921. The van der Waals surface area contributed by atoms with Gasteiger partial charge in [-0.2, -0.15) is 0 Å². The third-order valence-electron chi connectivity index (χ3n) is 10.5. The lowest BCUT2D eigenvalue weighted by molar-refractivity contribution is -0.870. The Morgan fingerprint density at radius 2 is 1.09 bits per heavy atom. The first-order chi connectivity index (χ1) is 31.4. The van der Waals surface area contributed by atoms with Crippen molar-refractivity contribution in [2.24, 2.45) is 0 Å². The van der Waals surface area contributed by atoms with Crippen molar-refractivity contribution in [1.82, 2.24) is 0 Å². The molecule has 0 heterocycles. The number of quaternary nitrogens is 1. The quantitative estimate of drug-likeness (QED) is 0.0153. The van der Waals surface area contributed by atoms with Crippen LogP contribution < -0.4 is 0 Å². The number of aliphatic hydroxyl groups excluding tert-OH is 1. The highest BCUT2D eigenvalue weighted by Crippen LogP contribution is 2.43. The van der Waals surface area contributed by atoms with Crippen LogP contribution in [-0.4, -0.2) is 86.1 Å². The number of aliphatic hydroxyl groups is 1. The van der Waals surface area contributed by atoms with Gasteiger partial charge in [-0.15, -0.1) is 0 Å². The third kappa shape index (κ3) is 48.9. The molecule has 10 nitrogen and oxygen atoms in total. The van der Waals surface area contributed by atoms with E-state index >= 15 is 0 Å². The van der Waals surface area contributed by atoms with Gasteiger partial charge in [0.25, 0.3) is 0 Å². The van der Waals surface area contributed by atoms with E-state index in [4.69, 9.17) is 18.5 Å². The number of allylic oxidation sites excluding steroid dienone is 12. The van der Waals surface area contributed by atoms with E-state index in [1.54, 1.807) is 6.08 Å². The Labute approximate surface area is 397 Å². The Kier molecular flexibility index (Phi) is 43.0. The third-order valence-corrected chi connectivity index (χ3v) is 11.5. The zero-order valence-corrected chi connectivity index (χ0v) is 42.7. The first kappa shape index (κ1) is 62.1. The molecule has 0 aromatic heterocycles. The number of rotatable bonds is 45. The molecule has 65 heavy (non-hydrogen) atoms. The number of hydrogen-bond donors (Lipinski definition) is 2. The van der Waals surface area contributed by atoms with Gasteiger partial charge in [-0.1, -0.05) is 189 Å². The smallest absolute Gasteiger partial charge is 0.462 e. The number of phosphoric acid groups is 1. The van der Waals surface area contributed by atoms with Crippen molar-refractivity contribution < 1.29 is 47.2 Å². The van der Waals surface area contributed by atoms with Crippen LogP contribution in [0.1, 0.15) is 187 Å². The highest BCUT2D eigenvalue weighted by molar-refractivity contribution is 7.47. The van der Waals surface area contributed by atoms with Gasteiger partial charge < -0.3 is 24.0 Å². The lowest BCUT2D eigenvalue weighted by Crippen LogP contribution is -2.37. The van der Waals surface area contributed by atoms with Crippen molar-refractivity contribution in [3.05, 3.63) is 85.1 Å². The molecule has 374 valence electrons. The molecule has 2 unspecified atom stereocenters. The lowest BCUT2D eigenvalue weighted by atomic mass is 10.0. The van der Waals surface area contributed by atoms with E-state index in [0.717, 1.165) is 44.9 Å². The molecule has 0 aromatic rings. The zero-order valence-electron chi connectivity index (χ0n) is 41.8. The molecule has 0 aliphatic rings. The summed E-state index contributed by atoms with van der Waals surface area (Å²) >= 11 is 0. The summed E-state index contributed by atoms with van der Waals surface area (Å²) in [6.07, 6.45) is 55.5. The van der Waals surface area contributed by atoms with Crippen molar-refractivity contribution in [1.29, 1.82) is 0 Å². The predicted molar refractivity (Wildman–Crippen MR) is 271 cm³/mol. The van der Waals surface area contributed by atoms with Crippen molar-refractivity contribution in [2.45, 2.75) is 199 Å². The van der Waals surface area contributed by atoms with Gasteiger partial charge in [0, 0.05) is 12.8 Å². The second kappa shape index (κ2) is 45.0. The van der Waals surface area contributed by atoms with Gasteiger partial charge in [0.1, 0.15) is 19.8 Å². The maximum Gasteiger partial charge on any atom is 0.472 e. The highest BCUT2D eigenvalue weighted by Gasteiger charge is 2.27. The molecule has 3 atom stereocenters. The number of carbonyl (C=O) groups is 2. The SMILES string of the molecule is CC/C=C\CC(O)/C=C/C=C/C/C=C\C/C=C\C/C=C\CCC(=O)OC[C@H](COP(=O)(O)OCC[N+](C)(C)C)OC(=O)CCCCCCCCCCCCC/C=C\CCCCCCCC. The fourth-order valence-electron chi connectivity index (χ4n) is 6.53. The summed E-state index contributed by atoms with van der Waals surface area (Å²) < 4.78 is 34.3. The summed E-state index contributed by atoms with van der Waals surface area (Å²) in [5.41, 5.74) is 0. The van der Waals surface area contributed by atoms with Gasteiger partial charge in [0.2, 0.25) is 0 Å². The van der Waals surface area contributed by atoms with E-state index in [-0.39, 0.29) is 26.1 Å². The van der Waals surface area contributed by atoms with Crippen molar-refractivity contribution in [2.75, 3.05) is 47.5 Å². The maximum atomic E-state index is 12.8. The minimum Gasteiger partial charge on any atom is -0.462 e. The molecule has 0 bridgehead atoms. The average molecular weight is 933 g/mol.